The van der Waals surface area contributed by atoms with Crippen LogP contribution in [0.2, 0.25) is 0 Å². The van der Waals surface area contributed by atoms with Crippen molar-refractivity contribution in [3.8, 4) is 11.1 Å². The zero-order valence-corrected chi connectivity index (χ0v) is 18.5. The zero-order chi connectivity index (χ0) is 22.0. The van der Waals surface area contributed by atoms with Crippen LogP contribution in [0.25, 0.3) is 11.1 Å². The van der Waals surface area contributed by atoms with E-state index in [2.05, 4.69) is 17.0 Å². The third-order valence-electron chi connectivity index (χ3n) is 6.32. The molecule has 1 aromatic heterocycles. The van der Waals surface area contributed by atoms with Crippen molar-refractivity contribution in [2.24, 2.45) is 7.05 Å². The maximum absolute atomic E-state index is 13.1. The van der Waals surface area contributed by atoms with E-state index in [4.69, 9.17) is 0 Å². The molecule has 0 spiro atoms. The quantitative estimate of drug-likeness (QED) is 0.593. The number of aromatic nitrogens is 1. The highest BCUT2D eigenvalue weighted by Crippen LogP contribution is 2.21. The topological polar surface area (TPSA) is 45.6 Å². The molecule has 0 aliphatic carbocycles. The Bertz CT molecular complexity index is 1090. The largest absolute Gasteiger partial charge is 0.351 e. The van der Waals surface area contributed by atoms with Crippen molar-refractivity contribution in [1.29, 1.82) is 0 Å². The lowest BCUT2D eigenvalue weighted by Gasteiger charge is -2.34. The fourth-order valence-corrected chi connectivity index (χ4v) is 4.18. The number of nitrogens with zero attached hydrogens (tertiary/aromatic N) is 3. The highest BCUT2D eigenvalue weighted by molar-refractivity contribution is 5.99. The Hall–Kier alpha value is -3.18. The van der Waals surface area contributed by atoms with Crippen molar-refractivity contribution in [3.63, 3.8) is 0 Å². The van der Waals surface area contributed by atoms with E-state index in [-0.39, 0.29) is 11.7 Å². The van der Waals surface area contributed by atoms with E-state index in [1.165, 1.54) is 0 Å². The molecule has 1 saturated heterocycles. The molecule has 0 unspecified atom stereocenters. The van der Waals surface area contributed by atoms with Gasteiger partial charge in [0.1, 0.15) is 0 Å². The highest BCUT2D eigenvalue weighted by atomic mass is 16.2. The Morgan fingerprint density at radius 2 is 1.52 bits per heavy atom. The number of piperazine rings is 1. The zero-order valence-electron chi connectivity index (χ0n) is 18.5. The summed E-state index contributed by atoms with van der Waals surface area (Å²) in [6.45, 7) is 7.08. The van der Waals surface area contributed by atoms with Crippen molar-refractivity contribution in [3.05, 3.63) is 83.2 Å². The van der Waals surface area contributed by atoms with Gasteiger partial charge in [-0.1, -0.05) is 42.5 Å². The molecule has 0 radical (unpaired) electrons. The summed E-state index contributed by atoms with van der Waals surface area (Å²) in [6.07, 6.45) is 0. The SMILES string of the molecule is Cc1cc(C(=O)CN2CCN(C(=O)c3cccc(-c4ccccc4)c3)CC2)c(C)n1C. The summed E-state index contributed by atoms with van der Waals surface area (Å²) in [6, 6.07) is 19.9. The first-order valence-corrected chi connectivity index (χ1v) is 10.8. The molecule has 0 N–H and O–H groups in total. The number of carbonyl (C=O) groups is 2. The van der Waals surface area contributed by atoms with Crippen LogP contribution >= 0.6 is 0 Å². The van der Waals surface area contributed by atoms with Crippen LogP contribution in [0.5, 0.6) is 0 Å². The van der Waals surface area contributed by atoms with Crippen molar-refractivity contribution in [2.45, 2.75) is 13.8 Å². The second-order valence-electron chi connectivity index (χ2n) is 8.28. The number of hydrogen-bond donors (Lipinski definition) is 0. The summed E-state index contributed by atoms with van der Waals surface area (Å²) in [7, 11) is 1.98. The molecule has 4 rings (SSSR count). The van der Waals surface area contributed by atoms with Gasteiger partial charge in [0.15, 0.2) is 5.78 Å². The minimum Gasteiger partial charge on any atom is -0.351 e. The molecule has 3 aromatic rings. The Morgan fingerprint density at radius 3 is 2.16 bits per heavy atom. The van der Waals surface area contributed by atoms with Crippen LogP contribution in [0, 0.1) is 13.8 Å². The summed E-state index contributed by atoms with van der Waals surface area (Å²) < 4.78 is 2.05. The third kappa shape index (κ3) is 4.47. The van der Waals surface area contributed by atoms with Gasteiger partial charge in [-0.15, -0.1) is 0 Å². The maximum atomic E-state index is 13.1. The minimum atomic E-state index is 0.0540. The molecule has 5 heteroatoms. The Morgan fingerprint density at radius 1 is 0.839 bits per heavy atom. The second kappa shape index (κ2) is 8.90. The molecular formula is C26H29N3O2. The van der Waals surface area contributed by atoms with Crippen LogP contribution in [0.15, 0.2) is 60.7 Å². The molecule has 1 amide bonds. The van der Waals surface area contributed by atoms with Crippen molar-refractivity contribution < 1.29 is 9.59 Å². The molecule has 160 valence electrons. The Labute approximate surface area is 183 Å². The van der Waals surface area contributed by atoms with Gasteiger partial charge in [-0.2, -0.15) is 0 Å². The summed E-state index contributed by atoms with van der Waals surface area (Å²) in [4.78, 5) is 29.9. The highest BCUT2D eigenvalue weighted by Gasteiger charge is 2.24. The number of ketones is 1. The van der Waals surface area contributed by atoms with E-state index in [1.807, 2.05) is 78.9 Å². The fourth-order valence-electron chi connectivity index (χ4n) is 4.18. The van der Waals surface area contributed by atoms with Crippen LogP contribution in [0.1, 0.15) is 32.1 Å². The van der Waals surface area contributed by atoms with Crippen LogP contribution in [-0.2, 0) is 7.05 Å². The first-order valence-electron chi connectivity index (χ1n) is 10.8. The summed E-state index contributed by atoms with van der Waals surface area (Å²) in [5, 5.41) is 0. The van der Waals surface area contributed by atoms with Gasteiger partial charge in [-0.3, -0.25) is 14.5 Å². The molecule has 1 aliphatic heterocycles. The number of rotatable bonds is 5. The first kappa shape index (κ1) is 21.1. The minimum absolute atomic E-state index is 0.0540. The average Bonchev–Trinajstić information content (AvgIpc) is 3.07. The van der Waals surface area contributed by atoms with Gasteiger partial charge in [0.25, 0.3) is 5.91 Å². The number of Topliss-reactive ketones (excluding diaryl/α,β-unsaturated/α-hetero) is 1. The lowest BCUT2D eigenvalue weighted by atomic mass is 10.0. The molecule has 0 atom stereocenters. The molecule has 1 aliphatic rings. The number of aryl methyl sites for hydroxylation is 1. The van der Waals surface area contributed by atoms with E-state index >= 15 is 0 Å². The molecular weight excluding hydrogens is 386 g/mol. The van der Waals surface area contributed by atoms with Gasteiger partial charge >= 0.3 is 0 Å². The summed E-state index contributed by atoms with van der Waals surface area (Å²) >= 11 is 0. The average molecular weight is 416 g/mol. The van der Waals surface area contributed by atoms with E-state index in [9.17, 15) is 9.59 Å². The Kier molecular flexibility index (Phi) is 6.05. The second-order valence-corrected chi connectivity index (χ2v) is 8.28. The van der Waals surface area contributed by atoms with Gasteiger partial charge in [-0.25, -0.2) is 0 Å². The van der Waals surface area contributed by atoms with Gasteiger partial charge in [0, 0.05) is 55.7 Å². The predicted octanol–water partition coefficient (Wildman–Crippen LogP) is 3.95. The molecule has 5 nitrogen and oxygen atoms in total. The fraction of sp³-hybridized carbons (Fsp3) is 0.308. The van der Waals surface area contributed by atoms with E-state index in [1.54, 1.807) is 0 Å². The Balaban J connectivity index is 1.37. The van der Waals surface area contributed by atoms with E-state index in [0.717, 1.165) is 28.1 Å². The molecule has 0 saturated carbocycles. The van der Waals surface area contributed by atoms with E-state index in [0.29, 0.717) is 38.3 Å². The smallest absolute Gasteiger partial charge is 0.253 e. The lowest BCUT2D eigenvalue weighted by Crippen LogP contribution is -2.49. The van der Waals surface area contributed by atoms with Gasteiger partial charge < -0.3 is 9.47 Å². The monoisotopic (exact) mass is 415 g/mol. The first-order chi connectivity index (χ1) is 14.9. The van der Waals surface area contributed by atoms with Crippen molar-refractivity contribution in [2.75, 3.05) is 32.7 Å². The van der Waals surface area contributed by atoms with Gasteiger partial charge in [0.2, 0.25) is 0 Å². The standard InChI is InChI=1S/C26H29N3O2/c1-19-16-24(20(2)27(19)3)25(30)18-28-12-14-29(15-13-28)26(31)23-11-7-10-22(17-23)21-8-5-4-6-9-21/h4-11,16-17H,12-15,18H2,1-3H3. The lowest BCUT2D eigenvalue weighted by molar-refractivity contribution is 0.0624. The number of amides is 1. The number of benzene rings is 2. The molecule has 2 heterocycles. The molecule has 2 aromatic carbocycles. The normalized spacial score (nSPS) is 14.6. The van der Waals surface area contributed by atoms with E-state index < -0.39 is 0 Å². The summed E-state index contributed by atoms with van der Waals surface area (Å²) in [5.74, 6) is 0.204. The molecule has 1 fully saturated rings. The third-order valence-corrected chi connectivity index (χ3v) is 6.32. The molecule has 0 bridgehead atoms. The van der Waals surface area contributed by atoms with Gasteiger partial charge in [0.05, 0.1) is 6.54 Å². The number of hydrogen-bond acceptors (Lipinski definition) is 3. The number of carbonyl (C=O) groups excluding carboxylic acids is 2. The van der Waals surface area contributed by atoms with Crippen LogP contribution in [-0.4, -0.2) is 58.8 Å². The van der Waals surface area contributed by atoms with Crippen molar-refractivity contribution in [1.82, 2.24) is 14.4 Å². The maximum Gasteiger partial charge on any atom is 0.253 e. The summed E-state index contributed by atoms with van der Waals surface area (Å²) in [5.41, 5.74) is 5.76. The van der Waals surface area contributed by atoms with Gasteiger partial charge in [-0.05, 0) is 43.2 Å². The van der Waals surface area contributed by atoms with Crippen LogP contribution in [0.4, 0.5) is 0 Å². The van der Waals surface area contributed by atoms with Crippen LogP contribution < -0.4 is 0 Å². The predicted molar refractivity (Wildman–Crippen MR) is 123 cm³/mol. The molecule has 31 heavy (non-hydrogen) atoms. The van der Waals surface area contributed by atoms with Crippen molar-refractivity contribution >= 4 is 11.7 Å². The van der Waals surface area contributed by atoms with Crippen LogP contribution in [0.3, 0.4) is 0 Å².